The molecule has 3 heterocycles. The van der Waals surface area contributed by atoms with Gasteiger partial charge in [0.1, 0.15) is 0 Å². The Balaban J connectivity index is 1.41. The van der Waals surface area contributed by atoms with Crippen LogP contribution in [0.4, 0.5) is 11.4 Å². The van der Waals surface area contributed by atoms with Crippen LogP contribution in [0.1, 0.15) is 5.56 Å². The van der Waals surface area contributed by atoms with Crippen molar-refractivity contribution >= 4 is 74.4 Å². The van der Waals surface area contributed by atoms with Crippen molar-refractivity contribution < 1.29 is 4.79 Å². The van der Waals surface area contributed by atoms with Crippen molar-refractivity contribution in [3.8, 4) is 0 Å². The second kappa shape index (κ2) is 9.11. The molecule has 5 rings (SSSR count). The van der Waals surface area contributed by atoms with E-state index in [9.17, 15) is 4.79 Å². The number of fused-ring (bicyclic) bond motifs is 1. The van der Waals surface area contributed by atoms with Crippen molar-refractivity contribution in [3.05, 3.63) is 69.2 Å². The molecule has 2 aromatic carbocycles. The molecule has 0 aliphatic carbocycles. The summed E-state index contributed by atoms with van der Waals surface area (Å²) in [6, 6.07) is 13.3. The van der Waals surface area contributed by atoms with Crippen LogP contribution in [0.3, 0.4) is 0 Å². The van der Waals surface area contributed by atoms with E-state index in [0.717, 1.165) is 48.3 Å². The molecular formula is C23H19Cl2N5OS. The fourth-order valence-electron chi connectivity index (χ4n) is 3.76. The maximum Gasteiger partial charge on any atom is 0.286 e. The third-order valence-electron chi connectivity index (χ3n) is 5.31. The number of amidine groups is 1. The van der Waals surface area contributed by atoms with Crippen LogP contribution in [0, 0.1) is 0 Å². The van der Waals surface area contributed by atoms with Gasteiger partial charge in [0.15, 0.2) is 5.17 Å². The zero-order chi connectivity index (χ0) is 22.1. The lowest BCUT2D eigenvalue weighted by atomic mass is 10.1. The minimum atomic E-state index is -0.297. The summed E-state index contributed by atoms with van der Waals surface area (Å²) in [6.45, 7) is 3.82. The fourth-order valence-corrected chi connectivity index (χ4v) is 5.07. The predicted molar refractivity (Wildman–Crippen MR) is 135 cm³/mol. The van der Waals surface area contributed by atoms with Gasteiger partial charge in [0, 0.05) is 43.4 Å². The number of hydrogen-bond donors (Lipinski definition) is 2. The lowest BCUT2D eigenvalue weighted by Gasteiger charge is -2.30. The highest BCUT2D eigenvalue weighted by Gasteiger charge is 2.23. The Bertz CT molecular complexity index is 1250. The summed E-state index contributed by atoms with van der Waals surface area (Å²) in [5.41, 5.74) is 3.55. The van der Waals surface area contributed by atoms with Crippen molar-refractivity contribution in [2.24, 2.45) is 4.99 Å². The monoisotopic (exact) mass is 483 g/mol. The van der Waals surface area contributed by atoms with Gasteiger partial charge in [0.2, 0.25) is 0 Å². The van der Waals surface area contributed by atoms with E-state index in [1.807, 2.05) is 24.4 Å². The number of amides is 1. The quantitative estimate of drug-likeness (QED) is 0.508. The van der Waals surface area contributed by atoms with Crippen LogP contribution in [-0.2, 0) is 4.79 Å². The fraction of sp³-hybridized carbons (Fsp3) is 0.174. The van der Waals surface area contributed by atoms with Crippen molar-refractivity contribution in [2.75, 3.05) is 36.4 Å². The highest BCUT2D eigenvalue weighted by atomic mass is 35.5. The van der Waals surface area contributed by atoms with E-state index >= 15 is 0 Å². The Hall–Kier alpha value is -2.58. The number of aliphatic imine (C=N–C) groups is 1. The molecule has 0 atom stereocenters. The number of halogens is 2. The van der Waals surface area contributed by atoms with Gasteiger partial charge in [-0.25, -0.2) is 0 Å². The molecular weight excluding hydrogens is 465 g/mol. The van der Waals surface area contributed by atoms with E-state index in [0.29, 0.717) is 25.8 Å². The number of benzene rings is 2. The lowest BCUT2D eigenvalue weighted by Crippen LogP contribution is -2.43. The van der Waals surface area contributed by atoms with Gasteiger partial charge in [-0.2, -0.15) is 4.99 Å². The first-order valence-electron chi connectivity index (χ1n) is 10.2. The Labute approximate surface area is 199 Å². The van der Waals surface area contributed by atoms with Gasteiger partial charge < -0.3 is 15.5 Å². The largest absolute Gasteiger partial charge is 0.368 e. The van der Waals surface area contributed by atoms with Gasteiger partial charge in [0.25, 0.3) is 5.91 Å². The Morgan fingerprint density at radius 2 is 1.88 bits per heavy atom. The first-order valence-corrected chi connectivity index (χ1v) is 11.7. The third-order valence-corrected chi connectivity index (χ3v) is 6.84. The predicted octanol–water partition coefficient (Wildman–Crippen LogP) is 5.03. The number of nitrogens with one attached hydrogen (secondary N) is 2. The zero-order valence-electron chi connectivity index (χ0n) is 16.9. The summed E-state index contributed by atoms with van der Waals surface area (Å²) < 4.78 is 0. The minimum absolute atomic E-state index is 0.297. The van der Waals surface area contributed by atoms with Crippen molar-refractivity contribution in [2.45, 2.75) is 0 Å². The molecule has 2 aliphatic rings. The topological polar surface area (TPSA) is 69.6 Å². The number of nitrogens with zero attached hydrogens (tertiary/aromatic N) is 3. The standard InChI is InChI=1S/C23H19Cl2N5OS/c24-16-2-1-3-17(25)21(16)28-23-29-22(31)20(32-23)13-14-4-5-18-15(12-14)19(6-7-27-18)30-10-8-26-9-11-30/h1-7,12-13,26H,8-11H2,(H,28,29,31)/b20-13+. The summed E-state index contributed by atoms with van der Waals surface area (Å²) >= 11 is 13.7. The number of pyridine rings is 1. The Kier molecular flexibility index (Phi) is 6.06. The summed E-state index contributed by atoms with van der Waals surface area (Å²) in [6.07, 6.45) is 3.70. The molecule has 0 bridgehead atoms. The van der Waals surface area contributed by atoms with Crippen LogP contribution < -0.4 is 15.5 Å². The summed E-state index contributed by atoms with van der Waals surface area (Å²) in [5.74, 6) is -0.297. The second-order valence-corrected chi connectivity index (χ2v) is 9.24. The van der Waals surface area contributed by atoms with Gasteiger partial charge >= 0.3 is 0 Å². The number of anilines is 2. The SMILES string of the molecule is O=C1N=C(Nc2c(Cl)cccc2Cl)S/C1=C/c1ccc2nccc(N3CCNCC3)c2c1. The second-order valence-electron chi connectivity index (χ2n) is 7.40. The number of aromatic nitrogens is 1. The van der Waals surface area contributed by atoms with Gasteiger partial charge in [-0.3, -0.25) is 9.78 Å². The average molecular weight is 484 g/mol. The molecule has 162 valence electrons. The number of thioether (sulfide) groups is 1. The van der Waals surface area contributed by atoms with Crippen LogP contribution in [0.5, 0.6) is 0 Å². The number of carbonyl (C=O) groups excluding carboxylic acids is 1. The van der Waals surface area contributed by atoms with E-state index in [1.54, 1.807) is 18.2 Å². The molecule has 32 heavy (non-hydrogen) atoms. The van der Waals surface area contributed by atoms with Crippen LogP contribution in [0.25, 0.3) is 17.0 Å². The highest BCUT2D eigenvalue weighted by Crippen LogP contribution is 2.35. The van der Waals surface area contributed by atoms with Gasteiger partial charge in [0.05, 0.1) is 26.2 Å². The molecule has 0 spiro atoms. The van der Waals surface area contributed by atoms with E-state index in [1.165, 1.54) is 11.8 Å². The molecule has 2 N–H and O–H groups in total. The third kappa shape index (κ3) is 4.34. The summed E-state index contributed by atoms with van der Waals surface area (Å²) in [4.78, 5) is 24.0. The average Bonchev–Trinajstić information content (AvgIpc) is 3.15. The molecule has 0 unspecified atom stereocenters. The summed E-state index contributed by atoms with van der Waals surface area (Å²) in [5, 5.41) is 8.90. The first kappa shape index (κ1) is 21.3. The van der Waals surface area contributed by atoms with E-state index in [2.05, 4.69) is 37.6 Å². The molecule has 0 saturated carbocycles. The number of hydrogen-bond acceptors (Lipinski definition) is 6. The number of piperazine rings is 1. The van der Waals surface area contributed by atoms with Crippen LogP contribution in [0.2, 0.25) is 10.0 Å². The molecule has 9 heteroatoms. The molecule has 3 aromatic rings. The van der Waals surface area contributed by atoms with E-state index < -0.39 is 0 Å². The van der Waals surface area contributed by atoms with Gasteiger partial charge in [-0.1, -0.05) is 35.3 Å². The number of para-hydroxylation sites is 1. The summed E-state index contributed by atoms with van der Waals surface area (Å²) in [7, 11) is 0. The number of rotatable bonds is 3. The van der Waals surface area contributed by atoms with Crippen LogP contribution >= 0.6 is 35.0 Å². The molecule has 6 nitrogen and oxygen atoms in total. The lowest BCUT2D eigenvalue weighted by molar-refractivity contribution is -0.113. The molecule has 1 saturated heterocycles. The normalized spacial score (nSPS) is 17.8. The van der Waals surface area contributed by atoms with Crippen LogP contribution in [-0.4, -0.2) is 42.2 Å². The van der Waals surface area contributed by atoms with E-state index in [-0.39, 0.29) is 5.91 Å². The number of carbonyl (C=O) groups is 1. The maximum atomic E-state index is 12.5. The van der Waals surface area contributed by atoms with Gasteiger partial charge in [-0.05, 0) is 53.7 Å². The van der Waals surface area contributed by atoms with Crippen molar-refractivity contribution in [3.63, 3.8) is 0 Å². The smallest absolute Gasteiger partial charge is 0.286 e. The maximum absolute atomic E-state index is 12.5. The van der Waals surface area contributed by atoms with Crippen LogP contribution in [0.15, 0.2) is 58.6 Å². The highest BCUT2D eigenvalue weighted by molar-refractivity contribution is 8.18. The molecule has 0 radical (unpaired) electrons. The van der Waals surface area contributed by atoms with Crippen molar-refractivity contribution in [1.29, 1.82) is 0 Å². The molecule has 1 fully saturated rings. The first-order chi connectivity index (χ1) is 15.6. The zero-order valence-corrected chi connectivity index (χ0v) is 19.3. The Morgan fingerprint density at radius 1 is 1.09 bits per heavy atom. The molecule has 2 aliphatic heterocycles. The van der Waals surface area contributed by atoms with E-state index in [4.69, 9.17) is 23.2 Å². The molecule has 1 amide bonds. The minimum Gasteiger partial charge on any atom is -0.368 e. The van der Waals surface area contributed by atoms with Crippen molar-refractivity contribution in [1.82, 2.24) is 10.3 Å². The molecule has 1 aromatic heterocycles. The van der Waals surface area contributed by atoms with Gasteiger partial charge in [-0.15, -0.1) is 0 Å². The Morgan fingerprint density at radius 3 is 2.66 bits per heavy atom.